The van der Waals surface area contributed by atoms with E-state index < -0.39 is 5.60 Å². The molecule has 3 atom stereocenters. The lowest BCUT2D eigenvalue weighted by Gasteiger charge is -2.28. The number of hydrogen-bond donors (Lipinski definition) is 0. The SMILES string of the molecule is C=C[C@@H]1C[C@](C)(OC(C)=O)[C@H](CCC(=O)C=[N+]=[N-])O1. The van der Waals surface area contributed by atoms with Crippen LogP contribution in [0.4, 0.5) is 0 Å². The van der Waals surface area contributed by atoms with Gasteiger partial charge in [-0.1, -0.05) is 6.08 Å². The van der Waals surface area contributed by atoms with Crippen LogP contribution in [0.5, 0.6) is 0 Å². The third kappa shape index (κ3) is 4.12. The average Bonchev–Trinajstić information content (AvgIpc) is 2.62. The molecule has 0 aromatic rings. The lowest BCUT2D eigenvalue weighted by molar-refractivity contribution is -0.161. The quantitative estimate of drug-likeness (QED) is 0.238. The first-order valence-electron chi connectivity index (χ1n) is 6.09. The number of ether oxygens (including phenoxy) is 2. The molecule has 1 aliphatic rings. The number of hydrogen-bond acceptors (Lipinski definition) is 4. The molecule has 0 aromatic carbocycles. The summed E-state index contributed by atoms with van der Waals surface area (Å²) in [4.78, 5) is 25.1. The number of nitrogens with zero attached hydrogens (tertiary/aromatic N) is 2. The predicted octanol–water partition coefficient (Wildman–Crippen LogP) is 1.30. The standard InChI is InChI=1S/C13H18N2O4/c1-4-11-7-13(3,19-9(2)16)12(18-11)6-5-10(17)8-15-14/h4,8,11-12H,1,5-7H2,2-3H3/t11-,12+,13+/m1/s1. The molecule has 1 rings (SSSR count). The van der Waals surface area contributed by atoms with E-state index in [-0.39, 0.29) is 30.4 Å². The highest BCUT2D eigenvalue weighted by Gasteiger charge is 2.46. The van der Waals surface area contributed by atoms with Crippen molar-refractivity contribution in [3.8, 4) is 0 Å². The van der Waals surface area contributed by atoms with Crippen molar-refractivity contribution < 1.29 is 23.9 Å². The molecule has 0 N–H and O–H groups in total. The maximum Gasteiger partial charge on any atom is 0.323 e. The van der Waals surface area contributed by atoms with E-state index >= 15 is 0 Å². The summed E-state index contributed by atoms with van der Waals surface area (Å²) in [5.74, 6) is -0.692. The average molecular weight is 266 g/mol. The maximum absolute atomic E-state index is 11.3. The second kappa shape index (κ2) is 6.41. The highest BCUT2D eigenvalue weighted by Crippen LogP contribution is 2.36. The fraction of sp³-hybridized carbons (Fsp3) is 0.615. The minimum absolute atomic E-state index is 0.162. The van der Waals surface area contributed by atoms with E-state index in [4.69, 9.17) is 15.0 Å². The van der Waals surface area contributed by atoms with E-state index in [9.17, 15) is 9.59 Å². The molecule has 0 amide bonds. The second-order valence-electron chi connectivity index (χ2n) is 4.76. The Kier molecular flexibility index (Phi) is 5.15. The summed E-state index contributed by atoms with van der Waals surface area (Å²) in [7, 11) is 0. The highest BCUT2D eigenvalue weighted by atomic mass is 16.6. The Morgan fingerprint density at radius 3 is 2.84 bits per heavy atom. The van der Waals surface area contributed by atoms with E-state index in [1.807, 2.05) is 0 Å². The number of rotatable bonds is 6. The van der Waals surface area contributed by atoms with Gasteiger partial charge in [0.15, 0.2) is 0 Å². The number of esters is 1. The van der Waals surface area contributed by atoms with E-state index in [1.165, 1.54) is 6.92 Å². The Labute approximate surface area is 112 Å². The largest absolute Gasteiger partial charge is 0.457 e. The van der Waals surface area contributed by atoms with Gasteiger partial charge in [-0.3, -0.25) is 9.59 Å². The summed E-state index contributed by atoms with van der Waals surface area (Å²) in [6, 6.07) is 0. The van der Waals surface area contributed by atoms with Gasteiger partial charge < -0.3 is 15.0 Å². The Bertz CT molecular complexity index is 428. The van der Waals surface area contributed by atoms with Gasteiger partial charge >= 0.3 is 12.2 Å². The number of carbonyl (C=O) groups excluding carboxylic acids is 2. The molecule has 104 valence electrons. The monoisotopic (exact) mass is 266 g/mol. The van der Waals surface area contributed by atoms with Crippen molar-refractivity contribution in [2.45, 2.75) is 50.9 Å². The third-order valence-electron chi connectivity index (χ3n) is 3.12. The molecule has 6 heteroatoms. The van der Waals surface area contributed by atoms with Crippen LogP contribution in [0.15, 0.2) is 12.7 Å². The van der Waals surface area contributed by atoms with Gasteiger partial charge in [-0.15, -0.1) is 6.58 Å². The van der Waals surface area contributed by atoms with Crippen LogP contribution in [0.25, 0.3) is 5.53 Å². The number of ketones is 1. The van der Waals surface area contributed by atoms with Crippen LogP contribution in [-0.4, -0.2) is 40.6 Å². The van der Waals surface area contributed by atoms with E-state index in [2.05, 4.69) is 11.4 Å². The minimum Gasteiger partial charge on any atom is -0.457 e. The zero-order valence-corrected chi connectivity index (χ0v) is 11.2. The van der Waals surface area contributed by atoms with Gasteiger partial charge in [-0.05, 0) is 13.3 Å². The van der Waals surface area contributed by atoms with Gasteiger partial charge in [0, 0.05) is 19.8 Å². The molecule has 0 spiro atoms. The zero-order chi connectivity index (χ0) is 14.5. The summed E-state index contributed by atoms with van der Waals surface area (Å²) in [5.41, 5.74) is 7.50. The fourth-order valence-corrected chi connectivity index (χ4v) is 2.28. The lowest BCUT2D eigenvalue weighted by Crippen LogP contribution is -2.39. The molecule has 6 nitrogen and oxygen atoms in total. The van der Waals surface area contributed by atoms with Crippen molar-refractivity contribution in [1.29, 1.82) is 0 Å². The van der Waals surface area contributed by atoms with Crippen LogP contribution in [0.3, 0.4) is 0 Å². The molecule has 1 aliphatic heterocycles. The van der Waals surface area contributed by atoms with Crippen molar-refractivity contribution in [3.05, 3.63) is 18.2 Å². The molecular weight excluding hydrogens is 248 g/mol. The van der Waals surface area contributed by atoms with Gasteiger partial charge in [0.1, 0.15) is 5.60 Å². The van der Waals surface area contributed by atoms with Crippen LogP contribution < -0.4 is 0 Å². The molecule has 1 fully saturated rings. The normalized spacial score (nSPS) is 29.4. The summed E-state index contributed by atoms with van der Waals surface area (Å²) >= 11 is 0. The Morgan fingerprint density at radius 1 is 1.63 bits per heavy atom. The van der Waals surface area contributed by atoms with E-state index in [0.717, 1.165) is 6.21 Å². The first-order chi connectivity index (χ1) is 8.91. The second-order valence-corrected chi connectivity index (χ2v) is 4.76. The van der Waals surface area contributed by atoms with Gasteiger partial charge in [-0.2, -0.15) is 4.79 Å². The zero-order valence-electron chi connectivity index (χ0n) is 11.2. The van der Waals surface area contributed by atoms with Crippen molar-refractivity contribution in [3.63, 3.8) is 0 Å². The van der Waals surface area contributed by atoms with Crippen molar-refractivity contribution in [2.75, 3.05) is 0 Å². The van der Waals surface area contributed by atoms with Crippen LogP contribution in [0, 0.1) is 0 Å². The Balaban J connectivity index is 2.71. The van der Waals surface area contributed by atoms with E-state index in [0.29, 0.717) is 12.8 Å². The number of carbonyl (C=O) groups is 2. The van der Waals surface area contributed by atoms with Crippen LogP contribution >= 0.6 is 0 Å². The molecule has 0 bridgehead atoms. The molecule has 1 saturated heterocycles. The van der Waals surface area contributed by atoms with Crippen molar-refractivity contribution >= 4 is 18.0 Å². The highest BCUT2D eigenvalue weighted by molar-refractivity contribution is 6.25. The Hall–Kier alpha value is -1.78. The molecule has 0 radical (unpaired) electrons. The molecule has 1 heterocycles. The summed E-state index contributed by atoms with van der Waals surface area (Å²) in [6.45, 7) is 6.79. The first kappa shape index (κ1) is 15.3. The van der Waals surface area contributed by atoms with Crippen molar-refractivity contribution in [2.24, 2.45) is 0 Å². The Morgan fingerprint density at radius 2 is 2.32 bits per heavy atom. The smallest absolute Gasteiger partial charge is 0.323 e. The summed E-state index contributed by atoms with van der Waals surface area (Å²) in [6.07, 6.45) is 2.99. The van der Waals surface area contributed by atoms with Gasteiger partial charge in [0.25, 0.3) is 0 Å². The summed E-state index contributed by atoms with van der Waals surface area (Å²) in [5, 5.41) is 0. The molecule has 0 aliphatic carbocycles. The summed E-state index contributed by atoms with van der Waals surface area (Å²) < 4.78 is 11.0. The van der Waals surface area contributed by atoms with Crippen molar-refractivity contribution in [1.82, 2.24) is 0 Å². The lowest BCUT2D eigenvalue weighted by atomic mass is 9.92. The van der Waals surface area contributed by atoms with Gasteiger partial charge in [0.2, 0.25) is 5.78 Å². The molecule has 0 aromatic heterocycles. The van der Waals surface area contributed by atoms with Crippen LogP contribution in [0.2, 0.25) is 0 Å². The fourth-order valence-electron chi connectivity index (χ4n) is 2.28. The molecule has 19 heavy (non-hydrogen) atoms. The van der Waals surface area contributed by atoms with E-state index in [1.54, 1.807) is 13.0 Å². The predicted molar refractivity (Wildman–Crippen MR) is 67.6 cm³/mol. The topological polar surface area (TPSA) is 89.0 Å². The minimum atomic E-state index is -0.763. The maximum atomic E-state index is 11.3. The number of Topliss-reactive ketones (excluding diaryl/α,β-unsaturated/α-hetero) is 1. The first-order valence-corrected chi connectivity index (χ1v) is 6.09. The molecule has 0 unspecified atom stereocenters. The van der Waals surface area contributed by atoms with Crippen LogP contribution in [0.1, 0.15) is 33.1 Å². The third-order valence-corrected chi connectivity index (χ3v) is 3.12. The van der Waals surface area contributed by atoms with Gasteiger partial charge in [-0.25, -0.2) is 0 Å². The molecule has 0 saturated carbocycles. The van der Waals surface area contributed by atoms with Crippen LogP contribution in [-0.2, 0) is 19.1 Å². The molecular formula is C13H18N2O4. The van der Waals surface area contributed by atoms with Gasteiger partial charge in [0.05, 0.1) is 12.2 Å².